The Bertz CT molecular complexity index is 390. The van der Waals surface area contributed by atoms with Crippen LogP contribution in [0.4, 0.5) is 0 Å². The number of Topliss-reactive ketones (excluding diaryl/α,β-unsaturated/α-hetero) is 1. The molecule has 0 heterocycles. The van der Waals surface area contributed by atoms with E-state index >= 15 is 0 Å². The van der Waals surface area contributed by atoms with Gasteiger partial charge in [0.1, 0.15) is 0 Å². The minimum Gasteiger partial charge on any atom is -0.294 e. The van der Waals surface area contributed by atoms with E-state index in [4.69, 9.17) is 0 Å². The van der Waals surface area contributed by atoms with Crippen LogP contribution in [0.3, 0.4) is 0 Å². The molecule has 1 nitrogen and oxygen atoms in total. The summed E-state index contributed by atoms with van der Waals surface area (Å²) in [4.78, 5) is 11.8. The van der Waals surface area contributed by atoms with Gasteiger partial charge in [-0.2, -0.15) is 0 Å². The first-order valence-corrected chi connectivity index (χ1v) is 5.21. The number of ketones is 1. The zero-order chi connectivity index (χ0) is 10.3. The molecule has 0 saturated carbocycles. The molecule has 0 amide bonds. The largest absolute Gasteiger partial charge is 0.294 e. The van der Waals surface area contributed by atoms with Crippen molar-refractivity contribution < 1.29 is 4.79 Å². The molecule has 0 saturated heterocycles. The van der Waals surface area contributed by atoms with E-state index in [1.165, 1.54) is 16.7 Å². The second-order valence-electron chi connectivity index (χ2n) is 4.54. The Hall–Kier alpha value is -1.11. The first-order chi connectivity index (χ1) is 6.58. The SMILES string of the molecule is Cc1cc(C)c2c(c1)C(=O)CC(C)C2. The van der Waals surface area contributed by atoms with Gasteiger partial charge in [-0.1, -0.05) is 18.6 Å². The van der Waals surface area contributed by atoms with Gasteiger partial charge in [-0.05, 0) is 43.4 Å². The van der Waals surface area contributed by atoms with Crippen molar-refractivity contribution in [3.8, 4) is 0 Å². The molecule has 0 bridgehead atoms. The molecular formula is C13H16O. The van der Waals surface area contributed by atoms with Gasteiger partial charge in [0.05, 0.1) is 0 Å². The number of hydrogen-bond donors (Lipinski definition) is 0. The fourth-order valence-corrected chi connectivity index (χ4v) is 2.36. The van der Waals surface area contributed by atoms with Crippen molar-refractivity contribution in [2.75, 3.05) is 0 Å². The van der Waals surface area contributed by atoms with Crippen LogP contribution in [-0.4, -0.2) is 5.78 Å². The monoisotopic (exact) mass is 188 g/mol. The Morgan fingerprint density at radius 3 is 2.64 bits per heavy atom. The lowest BCUT2D eigenvalue weighted by Crippen LogP contribution is -2.19. The quantitative estimate of drug-likeness (QED) is 0.611. The van der Waals surface area contributed by atoms with E-state index in [0.29, 0.717) is 11.7 Å². The highest BCUT2D eigenvalue weighted by Gasteiger charge is 2.23. The molecule has 0 N–H and O–H groups in total. The zero-order valence-electron chi connectivity index (χ0n) is 9.05. The number of benzene rings is 1. The van der Waals surface area contributed by atoms with E-state index in [2.05, 4.69) is 26.8 Å². The Balaban J connectivity index is 2.59. The first kappa shape index (κ1) is 9.45. The summed E-state index contributed by atoms with van der Waals surface area (Å²) in [7, 11) is 0. The van der Waals surface area contributed by atoms with Gasteiger partial charge in [0.15, 0.2) is 5.78 Å². The molecule has 0 radical (unpaired) electrons. The van der Waals surface area contributed by atoms with Crippen LogP contribution < -0.4 is 0 Å². The van der Waals surface area contributed by atoms with Crippen molar-refractivity contribution in [2.24, 2.45) is 5.92 Å². The molecule has 74 valence electrons. The van der Waals surface area contributed by atoms with E-state index < -0.39 is 0 Å². The summed E-state index contributed by atoms with van der Waals surface area (Å²) >= 11 is 0. The molecule has 14 heavy (non-hydrogen) atoms. The van der Waals surface area contributed by atoms with Gasteiger partial charge in [0.2, 0.25) is 0 Å². The Morgan fingerprint density at radius 2 is 1.93 bits per heavy atom. The molecule has 0 aliphatic heterocycles. The lowest BCUT2D eigenvalue weighted by Gasteiger charge is -2.22. The standard InChI is InChI=1S/C13H16O/c1-8-4-10(3)11-5-9(2)7-13(14)12(11)6-8/h4,6,9H,5,7H2,1-3H3. The van der Waals surface area contributed by atoms with Gasteiger partial charge in [-0.15, -0.1) is 0 Å². The second-order valence-corrected chi connectivity index (χ2v) is 4.54. The number of fused-ring (bicyclic) bond motifs is 1. The lowest BCUT2D eigenvalue weighted by atomic mass is 9.81. The van der Waals surface area contributed by atoms with Crippen molar-refractivity contribution in [1.82, 2.24) is 0 Å². The Labute approximate surface area is 85.1 Å². The fraction of sp³-hybridized carbons (Fsp3) is 0.462. The van der Waals surface area contributed by atoms with Crippen molar-refractivity contribution in [2.45, 2.75) is 33.6 Å². The molecule has 0 aromatic heterocycles. The number of aryl methyl sites for hydroxylation is 2. The van der Waals surface area contributed by atoms with Crippen molar-refractivity contribution in [3.05, 3.63) is 34.4 Å². The van der Waals surface area contributed by atoms with Crippen LogP contribution >= 0.6 is 0 Å². The van der Waals surface area contributed by atoms with Gasteiger partial charge in [-0.25, -0.2) is 0 Å². The van der Waals surface area contributed by atoms with Crippen LogP contribution in [0.1, 0.15) is 40.4 Å². The summed E-state index contributed by atoms with van der Waals surface area (Å²) < 4.78 is 0. The smallest absolute Gasteiger partial charge is 0.163 e. The molecule has 0 fully saturated rings. The van der Waals surface area contributed by atoms with E-state index in [-0.39, 0.29) is 0 Å². The van der Waals surface area contributed by atoms with Crippen LogP contribution in [0, 0.1) is 19.8 Å². The molecule has 1 aliphatic rings. The molecular weight excluding hydrogens is 172 g/mol. The second kappa shape index (κ2) is 3.23. The average Bonchev–Trinajstić information content (AvgIpc) is 2.07. The maximum atomic E-state index is 11.8. The van der Waals surface area contributed by atoms with E-state index in [1.54, 1.807) is 0 Å². The molecule has 1 atom stereocenters. The maximum absolute atomic E-state index is 11.8. The number of rotatable bonds is 0. The van der Waals surface area contributed by atoms with Gasteiger partial charge in [-0.3, -0.25) is 4.79 Å². The van der Waals surface area contributed by atoms with Crippen molar-refractivity contribution in [3.63, 3.8) is 0 Å². The number of carbonyl (C=O) groups is 1. The Morgan fingerprint density at radius 1 is 1.21 bits per heavy atom. The van der Waals surface area contributed by atoms with Gasteiger partial charge in [0.25, 0.3) is 0 Å². The van der Waals surface area contributed by atoms with E-state index in [9.17, 15) is 4.79 Å². The molecule has 1 unspecified atom stereocenters. The normalized spacial score (nSPS) is 20.8. The van der Waals surface area contributed by atoms with Crippen LogP contribution in [-0.2, 0) is 6.42 Å². The summed E-state index contributed by atoms with van der Waals surface area (Å²) in [5.74, 6) is 0.835. The Kier molecular flexibility index (Phi) is 2.18. The minimum atomic E-state index is 0.325. The molecule has 1 aliphatic carbocycles. The van der Waals surface area contributed by atoms with Gasteiger partial charge in [0, 0.05) is 12.0 Å². The minimum absolute atomic E-state index is 0.325. The third-order valence-corrected chi connectivity index (χ3v) is 3.00. The third kappa shape index (κ3) is 1.47. The van der Waals surface area contributed by atoms with Crippen LogP contribution in [0.5, 0.6) is 0 Å². The average molecular weight is 188 g/mol. The zero-order valence-corrected chi connectivity index (χ0v) is 9.05. The predicted octanol–water partition coefficient (Wildman–Crippen LogP) is 3.07. The predicted molar refractivity (Wildman–Crippen MR) is 57.7 cm³/mol. The summed E-state index contributed by atoms with van der Waals surface area (Å²) in [6.07, 6.45) is 1.78. The van der Waals surface area contributed by atoms with E-state index in [1.807, 2.05) is 6.07 Å². The molecule has 1 heteroatoms. The third-order valence-electron chi connectivity index (χ3n) is 3.00. The van der Waals surface area contributed by atoms with Crippen LogP contribution in [0.25, 0.3) is 0 Å². The van der Waals surface area contributed by atoms with Crippen molar-refractivity contribution in [1.29, 1.82) is 0 Å². The number of hydrogen-bond acceptors (Lipinski definition) is 1. The highest BCUT2D eigenvalue weighted by molar-refractivity contribution is 5.99. The molecule has 2 rings (SSSR count). The maximum Gasteiger partial charge on any atom is 0.163 e. The van der Waals surface area contributed by atoms with Crippen molar-refractivity contribution >= 4 is 5.78 Å². The van der Waals surface area contributed by atoms with Gasteiger partial charge < -0.3 is 0 Å². The topological polar surface area (TPSA) is 17.1 Å². The summed E-state index contributed by atoms with van der Waals surface area (Å²) in [6, 6.07) is 4.21. The highest BCUT2D eigenvalue weighted by atomic mass is 16.1. The molecule has 1 aromatic carbocycles. The molecule has 1 aromatic rings. The fourth-order valence-electron chi connectivity index (χ4n) is 2.36. The van der Waals surface area contributed by atoms with Gasteiger partial charge >= 0.3 is 0 Å². The summed E-state index contributed by atoms with van der Waals surface area (Å²) in [6.45, 7) is 6.32. The van der Waals surface area contributed by atoms with Crippen LogP contribution in [0.15, 0.2) is 12.1 Å². The first-order valence-electron chi connectivity index (χ1n) is 5.21. The lowest BCUT2D eigenvalue weighted by molar-refractivity contribution is 0.0953. The number of carbonyl (C=O) groups excluding carboxylic acids is 1. The van der Waals surface area contributed by atoms with Crippen LogP contribution in [0.2, 0.25) is 0 Å². The summed E-state index contributed by atoms with van der Waals surface area (Å²) in [5, 5.41) is 0. The summed E-state index contributed by atoms with van der Waals surface area (Å²) in [5.41, 5.74) is 4.73. The molecule has 0 spiro atoms. The van der Waals surface area contributed by atoms with E-state index in [0.717, 1.165) is 18.4 Å². The highest BCUT2D eigenvalue weighted by Crippen LogP contribution is 2.28.